The molecule has 0 aliphatic rings. The first kappa shape index (κ1) is 22.5. The Morgan fingerprint density at radius 1 is 0.781 bits per heavy atom. The van der Waals surface area contributed by atoms with Crippen molar-refractivity contribution >= 4 is 26.1 Å². The van der Waals surface area contributed by atoms with Gasteiger partial charge in [-0.25, -0.2) is 0 Å². The molecule has 0 saturated carbocycles. The van der Waals surface area contributed by atoms with E-state index in [1.165, 1.54) is 5.56 Å². The molecule has 162 valence electrons. The zero-order chi connectivity index (χ0) is 22.8. The second-order valence-corrected chi connectivity index (χ2v) is 9.48. The van der Waals surface area contributed by atoms with Gasteiger partial charge >= 0.3 is 0 Å². The number of aryl methyl sites for hydroxylation is 2. The molecule has 0 saturated heterocycles. The van der Waals surface area contributed by atoms with Crippen LogP contribution in [0.4, 0.5) is 0 Å². The van der Waals surface area contributed by atoms with Crippen molar-refractivity contribution in [2.75, 3.05) is 0 Å². The molecule has 0 aliphatic heterocycles. The van der Waals surface area contributed by atoms with Crippen molar-refractivity contribution in [3.8, 4) is 11.1 Å². The Morgan fingerprint density at radius 2 is 1.38 bits per heavy atom. The average Bonchev–Trinajstić information content (AvgIpc) is 2.78. The van der Waals surface area contributed by atoms with Gasteiger partial charge in [-0.15, -0.1) is 9.24 Å². The van der Waals surface area contributed by atoms with Crippen molar-refractivity contribution in [1.29, 1.82) is 0 Å². The highest BCUT2D eigenvalue weighted by Crippen LogP contribution is 2.35. The number of nitrogens with zero attached hydrogens (tertiary/aromatic N) is 1. The maximum atomic E-state index is 13.9. The Morgan fingerprint density at radius 3 is 2.00 bits per heavy atom. The molecule has 0 radical (unpaired) electrons. The molecule has 3 atom stereocenters. The van der Waals surface area contributed by atoms with Crippen LogP contribution < -0.4 is 10.9 Å². The first-order chi connectivity index (χ1) is 15.3. The quantitative estimate of drug-likeness (QED) is 0.305. The fourth-order valence-corrected chi connectivity index (χ4v) is 4.57. The van der Waals surface area contributed by atoms with Gasteiger partial charge in [0.2, 0.25) is 0 Å². The van der Waals surface area contributed by atoms with E-state index in [1.807, 2.05) is 72.2 Å². The first-order valence-corrected chi connectivity index (χ1v) is 11.7. The SMILES string of the molecule is Cc1ccc(-c2ccc(C)n([C@@H](c3ccc(P)cc3)C(C)c3ccc(Cl)cc3)c2=O)cc1. The normalized spacial score (nSPS) is 13.0. The summed E-state index contributed by atoms with van der Waals surface area (Å²) in [6, 6.07) is 28.3. The summed E-state index contributed by atoms with van der Waals surface area (Å²) in [5.74, 6) is 0.0623. The van der Waals surface area contributed by atoms with Gasteiger partial charge in [0.1, 0.15) is 0 Å². The van der Waals surface area contributed by atoms with Gasteiger partial charge < -0.3 is 4.57 Å². The van der Waals surface area contributed by atoms with Crippen molar-refractivity contribution in [1.82, 2.24) is 4.57 Å². The molecular weight excluding hydrogens is 433 g/mol. The number of benzene rings is 3. The molecule has 0 spiro atoms. The minimum atomic E-state index is -0.153. The fourth-order valence-electron chi connectivity index (χ4n) is 4.25. The summed E-state index contributed by atoms with van der Waals surface area (Å²) in [5.41, 5.74) is 6.03. The van der Waals surface area contributed by atoms with Crippen LogP contribution in [-0.2, 0) is 0 Å². The number of aromatic nitrogens is 1. The van der Waals surface area contributed by atoms with E-state index >= 15 is 0 Å². The Labute approximate surface area is 197 Å². The zero-order valence-electron chi connectivity index (χ0n) is 18.5. The van der Waals surface area contributed by atoms with Crippen LogP contribution in [0.3, 0.4) is 0 Å². The van der Waals surface area contributed by atoms with Gasteiger partial charge in [0, 0.05) is 22.2 Å². The summed E-state index contributed by atoms with van der Waals surface area (Å²) in [6.07, 6.45) is 0. The summed E-state index contributed by atoms with van der Waals surface area (Å²) >= 11 is 6.14. The summed E-state index contributed by atoms with van der Waals surface area (Å²) in [6.45, 7) is 6.23. The largest absolute Gasteiger partial charge is 0.304 e. The van der Waals surface area contributed by atoms with Crippen LogP contribution in [0.15, 0.2) is 89.7 Å². The highest BCUT2D eigenvalue weighted by molar-refractivity contribution is 7.27. The molecule has 1 heterocycles. The fraction of sp³-hybridized carbons (Fsp3) is 0.179. The summed E-state index contributed by atoms with van der Waals surface area (Å²) in [4.78, 5) is 13.9. The third-order valence-electron chi connectivity index (χ3n) is 6.11. The van der Waals surface area contributed by atoms with Gasteiger partial charge in [-0.3, -0.25) is 4.79 Å². The van der Waals surface area contributed by atoms with E-state index in [0.717, 1.165) is 27.7 Å². The molecule has 2 unspecified atom stereocenters. The highest BCUT2D eigenvalue weighted by Gasteiger charge is 2.26. The third kappa shape index (κ3) is 4.58. The van der Waals surface area contributed by atoms with E-state index in [0.29, 0.717) is 10.6 Å². The van der Waals surface area contributed by atoms with Crippen molar-refractivity contribution in [2.24, 2.45) is 0 Å². The molecule has 4 aromatic rings. The van der Waals surface area contributed by atoms with E-state index in [4.69, 9.17) is 11.6 Å². The number of hydrogen-bond donors (Lipinski definition) is 0. The Hall–Kier alpha value is -2.67. The molecule has 0 amide bonds. The lowest BCUT2D eigenvalue weighted by atomic mass is 9.87. The molecule has 32 heavy (non-hydrogen) atoms. The smallest absolute Gasteiger partial charge is 0.259 e. The number of rotatable bonds is 5. The van der Waals surface area contributed by atoms with Gasteiger partial charge in [-0.2, -0.15) is 0 Å². The van der Waals surface area contributed by atoms with E-state index in [-0.39, 0.29) is 17.5 Å². The number of pyridine rings is 1. The van der Waals surface area contributed by atoms with Crippen molar-refractivity contribution in [3.63, 3.8) is 0 Å². The van der Waals surface area contributed by atoms with Crippen LogP contribution in [0.1, 0.15) is 41.3 Å². The van der Waals surface area contributed by atoms with Crippen LogP contribution in [-0.4, -0.2) is 4.57 Å². The molecule has 0 fully saturated rings. The molecule has 0 N–H and O–H groups in total. The van der Waals surface area contributed by atoms with Crippen LogP contribution in [0.25, 0.3) is 11.1 Å². The highest BCUT2D eigenvalue weighted by atomic mass is 35.5. The van der Waals surface area contributed by atoms with E-state index in [1.54, 1.807) is 0 Å². The number of halogens is 1. The maximum Gasteiger partial charge on any atom is 0.259 e. The predicted molar refractivity (Wildman–Crippen MR) is 139 cm³/mol. The number of hydrogen-bond acceptors (Lipinski definition) is 1. The van der Waals surface area contributed by atoms with Crippen molar-refractivity contribution in [2.45, 2.75) is 32.7 Å². The van der Waals surface area contributed by atoms with Gasteiger partial charge in [-0.05, 0) is 60.1 Å². The van der Waals surface area contributed by atoms with E-state index < -0.39 is 0 Å². The topological polar surface area (TPSA) is 22.0 Å². The van der Waals surface area contributed by atoms with E-state index in [2.05, 4.69) is 47.4 Å². The zero-order valence-corrected chi connectivity index (χ0v) is 20.5. The van der Waals surface area contributed by atoms with Crippen LogP contribution in [0, 0.1) is 13.8 Å². The molecule has 4 heteroatoms. The van der Waals surface area contributed by atoms with Crippen molar-refractivity contribution in [3.05, 3.63) is 123 Å². The second kappa shape index (κ2) is 9.45. The molecule has 4 rings (SSSR count). The summed E-state index contributed by atoms with van der Waals surface area (Å²) < 4.78 is 1.95. The lowest BCUT2D eigenvalue weighted by Gasteiger charge is -2.29. The van der Waals surface area contributed by atoms with Crippen molar-refractivity contribution < 1.29 is 0 Å². The lowest BCUT2D eigenvalue weighted by molar-refractivity contribution is 0.478. The minimum absolute atomic E-state index is 0.0228. The van der Waals surface area contributed by atoms with Crippen LogP contribution >= 0.6 is 20.8 Å². The summed E-state index contributed by atoms with van der Waals surface area (Å²) in [5, 5.41) is 1.82. The Balaban J connectivity index is 1.92. The monoisotopic (exact) mass is 459 g/mol. The van der Waals surface area contributed by atoms with Crippen LogP contribution in [0.2, 0.25) is 5.02 Å². The van der Waals surface area contributed by atoms with Crippen LogP contribution in [0.5, 0.6) is 0 Å². The molecule has 2 nitrogen and oxygen atoms in total. The minimum Gasteiger partial charge on any atom is -0.304 e. The Bertz CT molecular complexity index is 1280. The maximum absolute atomic E-state index is 13.9. The lowest BCUT2D eigenvalue weighted by Crippen LogP contribution is -2.31. The Kier molecular flexibility index (Phi) is 6.65. The van der Waals surface area contributed by atoms with Gasteiger partial charge in [-0.1, -0.05) is 84.8 Å². The molecular formula is C28H27ClNOP. The van der Waals surface area contributed by atoms with Gasteiger partial charge in [0.25, 0.3) is 5.56 Å². The third-order valence-corrected chi connectivity index (χ3v) is 6.75. The second-order valence-electron chi connectivity index (χ2n) is 8.38. The molecule has 3 aromatic carbocycles. The molecule has 1 aromatic heterocycles. The molecule has 0 bridgehead atoms. The van der Waals surface area contributed by atoms with Gasteiger partial charge in [0.15, 0.2) is 0 Å². The first-order valence-electron chi connectivity index (χ1n) is 10.8. The average molecular weight is 460 g/mol. The summed E-state index contributed by atoms with van der Waals surface area (Å²) in [7, 11) is 2.73. The standard InChI is InChI=1S/C28H27ClNOP/c1-18-4-7-22(8-5-18)26-17-6-19(2)30(28(26)31)27(23-11-15-25(32)16-12-23)20(3)21-9-13-24(29)14-10-21/h4-17,20,27H,32H2,1-3H3/t20?,27-/m1/s1. The van der Waals surface area contributed by atoms with Gasteiger partial charge in [0.05, 0.1) is 6.04 Å². The molecule has 0 aliphatic carbocycles. The predicted octanol–water partition coefficient (Wildman–Crippen LogP) is 6.68. The van der Waals surface area contributed by atoms with E-state index in [9.17, 15) is 4.79 Å².